The van der Waals surface area contributed by atoms with E-state index in [1.165, 1.54) is 11.6 Å². The molecule has 2 aromatic carbocycles. The highest BCUT2D eigenvalue weighted by Gasteiger charge is 2.01. The van der Waals surface area contributed by atoms with Crippen LogP contribution in [0.15, 0.2) is 42.5 Å². The molecule has 2 aromatic rings. The summed E-state index contributed by atoms with van der Waals surface area (Å²) in [5, 5.41) is 0.123. The highest BCUT2D eigenvalue weighted by atomic mass is 35.5. The van der Waals surface area contributed by atoms with Crippen LogP contribution in [-0.4, -0.2) is 0 Å². The molecule has 18 heavy (non-hydrogen) atoms. The minimum atomic E-state index is -0.410. The van der Waals surface area contributed by atoms with Crippen LogP contribution >= 0.6 is 11.6 Å². The zero-order chi connectivity index (χ0) is 13.0. The summed E-state index contributed by atoms with van der Waals surface area (Å²) in [7, 11) is 0. The summed E-state index contributed by atoms with van der Waals surface area (Å²) in [6, 6.07) is 12.5. The Morgan fingerprint density at radius 3 is 2.33 bits per heavy atom. The van der Waals surface area contributed by atoms with Crippen molar-refractivity contribution >= 4 is 11.6 Å². The van der Waals surface area contributed by atoms with Crippen molar-refractivity contribution in [1.82, 2.24) is 0 Å². The van der Waals surface area contributed by atoms with Crippen molar-refractivity contribution in [2.75, 3.05) is 0 Å². The number of halogens is 2. The molecule has 0 amide bonds. The quantitative estimate of drug-likeness (QED) is 0.783. The first-order chi connectivity index (χ1) is 8.69. The van der Waals surface area contributed by atoms with E-state index in [1.807, 2.05) is 24.3 Å². The molecule has 1 nitrogen and oxygen atoms in total. The van der Waals surface area contributed by atoms with Crippen LogP contribution < -0.4 is 4.74 Å². The maximum atomic E-state index is 13.0. The fourth-order valence-corrected chi connectivity index (χ4v) is 1.82. The first-order valence-corrected chi connectivity index (χ1v) is 6.22. The molecule has 0 aliphatic heterocycles. The summed E-state index contributed by atoms with van der Waals surface area (Å²) < 4.78 is 18.6. The molecule has 0 radical (unpaired) electrons. The Hall–Kier alpha value is -1.54. The van der Waals surface area contributed by atoms with Crippen LogP contribution in [0.25, 0.3) is 0 Å². The summed E-state index contributed by atoms with van der Waals surface area (Å²) in [6.07, 6.45) is 1.01. The molecule has 0 aliphatic carbocycles. The van der Waals surface area contributed by atoms with Gasteiger partial charge in [-0.2, -0.15) is 0 Å². The van der Waals surface area contributed by atoms with E-state index >= 15 is 0 Å². The molecule has 0 aliphatic rings. The van der Waals surface area contributed by atoms with E-state index in [9.17, 15) is 4.39 Å². The Labute approximate surface area is 111 Å². The van der Waals surface area contributed by atoms with Gasteiger partial charge in [0.1, 0.15) is 18.2 Å². The normalized spacial score (nSPS) is 10.4. The first-order valence-electron chi connectivity index (χ1n) is 5.84. The van der Waals surface area contributed by atoms with Crippen molar-refractivity contribution in [1.29, 1.82) is 0 Å². The number of ether oxygens (including phenoxy) is 1. The summed E-state index contributed by atoms with van der Waals surface area (Å²) in [5.74, 6) is 0.389. The van der Waals surface area contributed by atoms with Gasteiger partial charge < -0.3 is 4.74 Å². The lowest BCUT2D eigenvalue weighted by molar-refractivity contribution is 0.306. The van der Waals surface area contributed by atoms with E-state index in [4.69, 9.17) is 16.3 Å². The number of benzene rings is 2. The van der Waals surface area contributed by atoms with E-state index in [2.05, 4.69) is 6.92 Å². The SMILES string of the molecule is CCc1ccc(OCc2ccc(F)c(Cl)c2)cc1. The molecule has 94 valence electrons. The maximum Gasteiger partial charge on any atom is 0.141 e. The van der Waals surface area contributed by atoms with Crippen molar-refractivity contribution in [2.45, 2.75) is 20.0 Å². The van der Waals surface area contributed by atoms with Gasteiger partial charge in [-0.05, 0) is 41.8 Å². The van der Waals surface area contributed by atoms with Crippen LogP contribution in [0.2, 0.25) is 5.02 Å². The van der Waals surface area contributed by atoms with Gasteiger partial charge in [-0.1, -0.05) is 36.7 Å². The molecule has 0 saturated carbocycles. The van der Waals surface area contributed by atoms with E-state index in [-0.39, 0.29) is 5.02 Å². The van der Waals surface area contributed by atoms with Gasteiger partial charge in [-0.3, -0.25) is 0 Å². The molecule has 0 N–H and O–H groups in total. The van der Waals surface area contributed by atoms with Crippen LogP contribution in [-0.2, 0) is 13.0 Å². The Bertz CT molecular complexity index is 523. The monoisotopic (exact) mass is 264 g/mol. The summed E-state index contributed by atoms with van der Waals surface area (Å²) in [4.78, 5) is 0. The molecule has 3 heteroatoms. The third kappa shape index (κ3) is 3.23. The predicted octanol–water partition coefficient (Wildman–Crippen LogP) is 4.62. The second kappa shape index (κ2) is 5.87. The number of hydrogen-bond donors (Lipinski definition) is 0. The predicted molar refractivity (Wildman–Crippen MR) is 71.6 cm³/mol. The molecule has 0 saturated heterocycles. The Morgan fingerprint density at radius 2 is 1.72 bits per heavy atom. The van der Waals surface area contributed by atoms with Gasteiger partial charge in [-0.25, -0.2) is 4.39 Å². The molecule has 2 rings (SSSR count). The lowest BCUT2D eigenvalue weighted by Gasteiger charge is -2.07. The smallest absolute Gasteiger partial charge is 0.141 e. The molecule has 0 heterocycles. The van der Waals surface area contributed by atoms with Crippen LogP contribution in [0.4, 0.5) is 4.39 Å². The van der Waals surface area contributed by atoms with Gasteiger partial charge >= 0.3 is 0 Å². The number of aryl methyl sites for hydroxylation is 1. The van der Waals surface area contributed by atoms with Gasteiger partial charge in [0.2, 0.25) is 0 Å². The van der Waals surface area contributed by atoms with Crippen molar-refractivity contribution in [3.63, 3.8) is 0 Å². The molecular weight excluding hydrogens is 251 g/mol. The number of hydrogen-bond acceptors (Lipinski definition) is 1. The van der Waals surface area contributed by atoms with E-state index < -0.39 is 5.82 Å². The summed E-state index contributed by atoms with van der Waals surface area (Å²) in [6.45, 7) is 2.49. The maximum absolute atomic E-state index is 13.0. The van der Waals surface area contributed by atoms with Crippen LogP contribution in [0, 0.1) is 5.82 Å². The van der Waals surface area contributed by atoms with Gasteiger partial charge in [0.15, 0.2) is 0 Å². The van der Waals surface area contributed by atoms with Crippen molar-refractivity contribution in [3.8, 4) is 5.75 Å². The lowest BCUT2D eigenvalue weighted by Crippen LogP contribution is -1.96. The topological polar surface area (TPSA) is 9.23 Å². The van der Waals surface area contributed by atoms with Gasteiger partial charge in [0.05, 0.1) is 5.02 Å². The second-order valence-electron chi connectivity index (χ2n) is 4.03. The van der Waals surface area contributed by atoms with Gasteiger partial charge in [0.25, 0.3) is 0 Å². The summed E-state index contributed by atoms with van der Waals surface area (Å²) in [5.41, 5.74) is 2.12. The average molecular weight is 265 g/mol. The largest absolute Gasteiger partial charge is 0.489 e. The lowest BCUT2D eigenvalue weighted by atomic mass is 10.2. The van der Waals surface area contributed by atoms with Crippen molar-refractivity contribution in [2.24, 2.45) is 0 Å². The molecule has 0 fully saturated rings. The zero-order valence-electron chi connectivity index (χ0n) is 10.1. The molecule has 0 unspecified atom stereocenters. The third-order valence-corrected chi connectivity index (χ3v) is 3.01. The van der Waals surface area contributed by atoms with E-state index in [0.29, 0.717) is 6.61 Å². The highest BCUT2D eigenvalue weighted by molar-refractivity contribution is 6.30. The number of rotatable bonds is 4. The van der Waals surface area contributed by atoms with Crippen molar-refractivity contribution in [3.05, 3.63) is 64.4 Å². The Morgan fingerprint density at radius 1 is 1.06 bits per heavy atom. The molecule has 0 atom stereocenters. The average Bonchev–Trinajstić information content (AvgIpc) is 2.41. The summed E-state index contributed by atoms with van der Waals surface area (Å²) >= 11 is 5.70. The molecule has 0 aromatic heterocycles. The van der Waals surface area contributed by atoms with E-state index in [1.54, 1.807) is 12.1 Å². The standard InChI is InChI=1S/C15H14ClFO/c1-2-11-3-6-13(7-4-11)18-10-12-5-8-15(17)14(16)9-12/h3-9H,2,10H2,1H3. The fourth-order valence-electron chi connectivity index (χ4n) is 1.62. The minimum absolute atomic E-state index is 0.123. The van der Waals surface area contributed by atoms with Crippen LogP contribution in [0.5, 0.6) is 5.75 Å². The first kappa shape index (κ1) is 12.9. The molecular formula is C15H14ClFO. The zero-order valence-corrected chi connectivity index (χ0v) is 10.9. The fraction of sp³-hybridized carbons (Fsp3) is 0.200. The Balaban J connectivity index is 1.99. The highest BCUT2D eigenvalue weighted by Crippen LogP contribution is 2.18. The minimum Gasteiger partial charge on any atom is -0.489 e. The van der Waals surface area contributed by atoms with Gasteiger partial charge in [0, 0.05) is 0 Å². The van der Waals surface area contributed by atoms with Gasteiger partial charge in [-0.15, -0.1) is 0 Å². The Kier molecular flexibility index (Phi) is 4.21. The van der Waals surface area contributed by atoms with Crippen LogP contribution in [0.3, 0.4) is 0 Å². The molecule has 0 bridgehead atoms. The third-order valence-electron chi connectivity index (χ3n) is 2.72. The van der Waals surface area contributed by atoms with E-state index in [0.717, 1.165) is 17.7 Å². The van der Waals surface area contributed by atoms with Crippen LogP contribution in [0.1, 0.15) is 18.1 Å². The second-order valence-corrected chi connectivity index (χ2v) is 4.44. The molecule has 0 spiro atoms. The van der Waals surface area contributed by atoms with Crippen molar-refractivity contribution < 1.29 is 9.13 Å².